The molecule has 1 aromatic heterocycles. The molecule has 1 fully saturated rings. The number of aliphatic hydroxyl groups is 1. The average Bonchev–Trinajstić information content (AvgIpc) is 2.98. The van der Waals surface area contributed by atoms with E-state index >= 15 is 0 Å². The monoisotopic (exact) mass is 231 g/mol. The van der Waals surface area contributed by atoms with Gasteiger partial charge in [0.25, 0.3) is 0 Å². The third kappa shape index (κ3) is 2.19. The number of aliphatic hydroxyl groups excluding tert-OH is 1. The van der Waals surface area contributed by atoms with E-state index in [2.05, 4.69) is 4.98 Å². The molecule has 0 amide bonds. The molecule has 0 spiro atoms. The summed E-state index contributed by atoms with van der Waals surface area (Å²) < 4.78 is 37.9. The number of nitrogens with zero attached hydrogens (tertiary/aromatic N) is 1. The molecule has 0 atom stereocenters. The molecule has 1 saturated carbocycles. The maximum absolute atomic E-state index is 12.6. The minimum absolute atomic E-state index is 0.0564. The Hall–Kier alpha value is -1.10. The fourth-order valence-electron chi connectivity index (χ4n) is 1.81. The lowest BCUT2D eigenvalue weighted by Crippen LogP contribution is -2.17. The Balaban J connectivity index is 2.27. The lowest BCUT2D eigenvalue weighted by molar-refractivity contribution is -0.141. The number of aromatic nitrogens is 1. The van der Waals surface area contributed by atoms with E-state index in [1.165, 1.54) is 12.1 Å². The fraction of sp³-hybridized carbons (Fsp3) is 0.545. The van der Waals surface area contributed by atoms with E-state index in [4.69, 9.17) is 5.11 Å². The highest BCUT2D eigenvalue weighted by Crippen LogP contribution is 2.48. The Morgan fingerprint density at radius 2 is 2.06 bits per heavy atom. The van der Waals surface area contributed by atoms with E-state index in [1.807, 2.05) is 0 Å². The number of alkyl halides is 3. The van der Waals surface area contributed by atoms with Crippen LogP contribution in [0.2, 0.25) is 0 Å². The van der Waals surface area contributed by atoms with Crippen molar-refractivity contribution < 1.29 is 18.3 Å². The molecular weight excluding hydrogens is 219 g/mol. The molecule has 2 rings (SSSR count). The Morgan fingerprint density at radius 3 is 2.56 bits per heavy atom. The predicted octanol–water partition coefficient (Wildman–Crippen LogP) is 2.42. The van der Waals surface area contributed by atoms with Gasteiger partial charge in [-0.3, -0.25) is 4.98 Å². The van der Waals surface area contributed by atoms with E-state index in [0.29, 0.717) is 0 Å². The van der Waals surface area contributed by atoms with Crippen molar-refractivity contribution in [1.82, 2.24) is 4.98 Å². The summed E-state index contributed by atoms with van der Waals surface area (Å²) in [6.45, 7) is -0.0564. The molecule has 1 aromatic rings. The predicted molar refractivity (Wildman–Crippen MR) is 51.7 cm³/mol. The van der Waals surface area contributed by atoms with Crippen molar-refractivity contribution in [2.45, 2.75) is 25.4 Å². The van der Waals surface area contributed by atoms with E-state index in [-0.39, 0.29) is 24.0 Å². The molecule has 16 heavy (non-hydrogen) atoms. The molecule has 0 aliphatic heterocycles. The molecule has 0 bridgehead atoms. The smallest absolute Gasteiger partial charge is 0.396 e. The zero-order valence-corrected chi connectivity index (χ0v) is 8.59. The molecule has 5 heteroatoms. The average molecular weight is 231 g/mol. The molecule has 1 N–H and O–H groups in total. The minimum atomic E-state index is -4.41. The number of hydrogen-bond donors (Lipinski definition) is 1. The second-order valence-electron chi connectivity index (χ2n) is 4.34. The van der Waals surface area contributed by atoms with Gasteiger partial charge in [-0.25, -0.2) is 0 Å². The first-order valence-corrected chi connectivity index (χ1v) is 5.09. The second-order valence-corrected chi connectivity index (χ2v) is 4.34. The zero-order chi connectivity index (χ0) is 11.8. The third-order valence-corrected chi connectivity index (χ3v) is 3.02. The first kappa shape index (κ1) is 11.4. The Kier molecular flexibility index (Phi) is 2.66. The van der Waals surface area contributed by atoms with E-state index in [0.717, 1.165) is 19.0 Å². The summed E-state index contributed by atoms with van der Waals surface area (Å²) in [4.78, 5) is 3.39. The topological polar surface area (TPSA) is 33.1 Å². The third-order valence-electron chi connectivity index (χ3n) is 3.02. The highest BCUT2D eigenvalue weighted by Gasteiger charge is 2.44. The van der Waals surface area contributed by atoms with Gasteiger partial charge in [0.2, 0.25) is 0 Å². The van der Waals surface area contributed by atoms with E-state index in [1.54, 1.807) is 0 Å². The van der Waals surface area contributed by atoms with E-state index < -0.39 is 11.9 Å². The first-order valence-electron chi connectivity index (χ1n) is 5.09. The molecule has 0 radical (unpaired) electrons. The summed E-state index contributed by atoms with van der Waals surface area (Å²) >= 11 is 0. The van der Waals surface area contributed by atoms with Gasteiger partial charge < -0.3 is 5.11 Å². The largest absolute Gasteiger partial charge is 0.433 e. The van der Waals surface area contributed by atoms with Gasteiger partial charge in [-0.05, 0) is 36.3 Å². The number of pyridine rings is 1. The SMILES string of the molecule is OCC1(Cc2cccnc2C(F)(F)F)CC1. The zero-order valence-electron chi connectivity index (χ0n) is 8.59. The Labute approximate surface area is 91.1 Å². The molecule has 2 nitrogen and oxygen atoms in total. The number of hydrogen-bond acceptors (Lipinski definition) is 2. The number of rotatable bonds is 3. The highest BCUT2D eigenvalue weighted by molar-refractivity contribution is 5.25. The summed E-state index contributed by atoms with van der Waals surface area (Å²) in [5.74, 6) is 0. The van der Waals surface area contributed by atoms with Crippen LogP contribution in [-0.2, 0) is 12.6 Å². The van der Waals surface area contributed by atoms with Crippen LogP contribution in [-0.4, -0.2) is 16.7 Å². The lowest BCUT2D eigenvalue weighted by Gasteiger charge is -2.15. The standard InChI is InChI=1S/C11H12F3NO/c12-11(13,14)9-8(2-1-5-15-9)6-10(7-16)3-4-10/h1-2,5,16H,3-4,6-7H2. The van der Waals surface area contributed by atoms with Gasteiger partial charge in [0.05, 0.1) is 0 Å². The quantitative estimate of drug-likeness (QED) is 0.866. The molecule has 1 heterocycles. The van der Waals surface area contributed by atoms with Crippen LogP contribution in [0.25, 0.3) is 0 Å². The van der Waals surface area contributed by atoms with Crippen LogP contribution in [0.5, 0.6) is 0 Å². The van der Waals surface area contributed by atoms with Crippen molar-refractivity contribution in [3.8, 4) is 0 Å². The fourth-order valence-corrected chi connectivity index (χ4v) is 1.81. The van der Waals surface area contributed by atoms with Gasteiger partial charge in [-0.15, -0.1) is 0 Å². The summed E-state index contributed by atoms with van der Waals surface area (Å²) in [6, 6.07) is 2.93. The van der Waals surface area contributed by atoms with Gasteiger partial charge in [-0.2, -0.15) is 13.2 Å². The minimum Gasteiger partial charge on any atom is -0.396 e. The van der Waals surface area contributed by atoms with Crippen LogP contribution in [0.15, 0.2) is 18.3 Å². The van der Waals surface area contributed by atoms with Crippen molar-refractivity contribution in [3.05, 3.63) is 29.6 Å². The first-order chi connectivity index (χ1) is 7.47. The van der Waals surface area contributed by atoms with Crippen LogP contribution in [0, 0.1) is 5.41 Å². The summed E-state index contributed by atoms with van der Waals surface area (Å²) in [7, 11) is 0. The van der Waals surface area contributed by atoms with Crippen LogP contribution in [0.3, 0.4) is 0 Å². The Bertz CT molecular complexity index is 385. The van der Waals surface area contributed by atoms with Crippen molar-refractivity contribution in [3.63, 3.8) is 0 Å². The number of halogens is 3. The van der Waals surface area contributed by atoms with Crippen LogP contribution < -0.4 is 0 Å². The van der Waals surface area contributed by atoms with Gasteiger partial charge in [0.1, 0.15) is 5.69 Å². The summed E-state index contributed by atoms with van der Waals surface area (Å²) in [5.41, 5.74) is -0.973. The van der Waals surface area contributed by atoms with Crippen molar-refractivity contribution in [1.29, 1.82) is 0 Å². The highest BCUT2D eigenvalue weighted by atomic mass is 19.4. The maximum atomic E-state index is 12.6. The maximum Gasteiger partial charge on any atom is 0.433 e. The summed E-state index contributed by atoms with van der Waals surface area (Å²) in [6.07, 6.45) is -1.44. The molecule has 0 saturated heterocycles. The van der Waals surface area contributed by atoms with Gasteiger partial charge in [0, 0.05) is 12.8 Å². The Morgan fingerprint density at radius 1 is 1.38 bits per heavy atom. The van der Waals surface area contributed by atoms with Crippen LogP contribution >= 0.6 is 0 Å². The van der Waals surface area contributed by atoms with Crippen LogP contribution in [0.4, 0.5) is 13.2 Å². The molecule has 0 aromatic carbocycles. The lowest BCUT2D eigenvalue weighted by atomic mass is 9.96. The van der Waals surface area contributed by atoms with Crippen molar-refractivity contribution in [2.75, 3.05) is 6.61 Å². The van der Waals surface area contributed by atoms with Crippen molar-refractivity contribution >= 4 is 0 Å². The van der Waals surface area contributed by atoms with Crippen LogP contribution in [0.1, 0.15) is 24.1 Å². The van der Waals surface area contributed by atoms with Gasteiger partial charge in [-0.1, -0.05) is 6.07 Å². The molecular formula is C11H12F3NO. The normalized spacial score (nSPS) is 18.5. The van der Waals surface area contributed by atoms with Gasteiger partial charge >= 0.3 is 6.18 Å². The molecule has 88 valence electrons. The second kappa shape index (κ2) is 3.73. The van der Waals surface area contributed by atoms with Crippen molar-refractivity contribution in [2.24, 2.45) is 5.41 Å². The van der Waals surface area contributed by atoms with Gasteiger partial charge in [0.15, 0.2) is 0 Å². The van der Waals surface area contributed by atoms with E-state index in [9.17, 15) is 13.2 Å². The molecule has 1 aliphatic rings. The molecule has 1 aliphatic carbocycles. The summed E-state index contributed by atoms with van der Waals surface area (Å²) in [5, 5.41) is 9.11. The molecule has 0 unspecified atom stereocenters.